The fraction of sp³-hybridized carbons (Fsp3) is 0.176. The van der Waals surface area contributed by atoms with Crippen molar-refractivity contribution in [2.45, 2.75) is 13.3 Å². The van der Waals surface area contributed by atoms with Gasteiger partial charge in [0.05, 0.1) is 23.6 Å². The molecule has 2 aromatic carbocycles. The predicted molar refractivity (Wildman–Crippen MR) is 93.9 cm³/mol. The molecule has 0 spiro atoms. The summed E-state index contributed by atoms with van der Waals surface area (Å²) in [6, 6.07) is 12.2. The molecule has 0 saturated carbocycles. The molecule has 0 radical (unpaired) electrons. The average Bonchev–Trinajstić information content (AvgIpc) is 2.47. The minimum absolute atomic E-state index is 0.164. The first-order chi connectivity index (χ1) is 11.0. The van der Waals surface area contributed by atoms with Crippen molar-refractivity contribution in [3.05, 3.63) is 63.1 Å². The molecule has 4 nitrogen and oxygen atoms in total. The van der Waals surface area contributed by atoms with E-state index in [1.54, 1.807) is 13.0 Å². The van der Waals surface area contributed by atoms with E-state index in [-0.39, 0.29) is 29.5 Å². The summed E-state index contributed by atoms with van der Waals surface area (Å²) in [6.07, 6.45) is 0.247. The van der Waals surface area contributed by atoms with Crippen LogP contribution in [0.2, 0.25) is 5.02 Å². The van der Waals surface area contributed by atoms with Gasteiger partial charge in [0.25, 0.3) is 0 Å². The van der Waals surface area contributed by atoms with E-state index in [0.29, 0.717) is 5.69 Å². The van der Waals surface area contributed by atoms with Crippen molar-refractivity contribution in [1.82, 2.24) is 0 Å². The molecular formula is C17H15BrClNO3. The number of esters is 1. The third kappa shape index (κ3) is 5.08. The van der Waals surface area contributed by atoms with E-state index in [1.807, 2.05) is 24.3 Å². The van der Waals surface area contributed by atoms with Gasteiger partial charge in [0, 0.05) is 10.2 Å². The lowest BCUT2D eigenvalue weighted by molar-refractivity contribution is -0.115. The normalized spacial score (nSPS) is 10.2. The highest BCUT2D eigenvalue weighted by molar-refractivity contribution is 9.10. The minimum atomic E-state index is -0.482. The van der Waals surface area contributed by atoms with Gasteiger partial charge in [-0.2, -0.15) is 0 Å². The number of hydrogen-bond donors (Lipinski definition) is 1. The van der Waals surface area contributed by atoms with Crippen LogP contribution in [-0.4, -0.2) is 18.5 Å². The maximum atomic E-state index is 12.1. The Morgan fingerprint density at radius 3 is 2.65 bits per heavy atom. The van der Waals surface area contributed by atoms with Gasteiger partial charge in [0.2, 0.25) is 5.91 Å². The van der Waals surface area contributed by atoms with Gasteiger partial charge in [-0.1, -0.05) is 39.7 Å². The number of hydrogen-bond acceptors (Lipinski definition) is 3. The van der Waals surface area contributed by atoms with Crippen LogP contribution in [0.15, 0.2) is 46.9 Å². The number of anilines is 1. The maximum absolute atomic E-state index is 12.1. The summed E-state index contributed by atoms with van der Waals surface area (Å²) in [5.74, 6) is -0.646. The molecule has 2 rings (SSSR count). The van der Waals surface area contributed by atoms with Gasteiger partial charge in [0.15, 0.2) is 0 Å². The number of amides is 1. The van der Waals surface area contributed by atoms with Crippen LogP contribution in [0.1, 0.15) is 22.8 Å². The van der Waals surface area contributed by atoms with Crippen LogP contribution >= 0.6 is 27.5 Å². The number of benzene rings is 2. The number of ether oxygens (including phenoxy) is 1. The third-order valence-corrected chi connectivity index (χ3v) is 3.81. The standard InChI is InChI=1S/C17H15BrClNO3/c1-2-23-17(22)14-7-6-13(10-15(14)19)20-16(21)9-11-4-3-5-12(18)8-11/h3-8,10H,2,9H2,1H3,(H,20,21). The molecule has 1 N–H and O–H groups in total. The van der Waals surface area contributed by atoms with Gasteiger partial charge < -0.3 is 10.1 Å². The fourth-order valence-corrected chi connectivity index (χ4v) is 2.71. The first-order valence-corrected chi connectivity index (χ1v) is 8.17. The van der Waals surface area contributed by atoms with E-state index in [1.165, 1.54) is 12.1 Å². The molecule has 0 fully saturated rings. The number of carbonyl (C=O) groups is 2. The molecule has 23 heavy (non-hydrogen) atoms. The van der Waals surface area contributed by atoms with Crippen molar-refractivity contribution >= 4 is 45.1 Å². The van der Waals surface area contributed by atoms with Crippen molar-refractivity contribution in [1.29, 1.82) is 0 Å². The van der Waals surface area contributed by atoms with Crippen molar-refractivity contribution < 1.29 is 14.3 Å². The first-order valence-electron chi connectivity index (χ1n) is 7.00. The molecule has 6 heteroatoms. The lowest BCUT2D eigenvalue weighted by atomic mass is 10.1. The molecule has 0 heterocycles. The van der Waals surface area contributed by atoms with Gasteiger partial charge in [-0.25, -0.2) is 4.79 Å². The Labute approximate surface area is 147 Å². The van der Waals surface area contributed by atoms with E-state index in [2.05, 4.69) is 21.2 Å². The van der Waals surface area contributed by atoms with Crippen LogP contribution < -0.4 is 5.32 Å². The predicted octanol–water partition coefficient (Wildman–Crippen LogP) is 4.46. The summed E-state index contributed by atoms with van der Waals surface area (Å²) in [5.41, 5.74) is 1.70. The molecule has 0 aliphatic heterocycles. The molecule has 0 saturated heterocycles. The summed E-state index contributed by atoms with van der Waals surface area (Å²) in [5, 5.41) is 3.00. The Kier molecular flexibility index (Phi) is 6.19. The Bertz CT molecular complexity index is 734. The zero-order chi connectivity index (χ0) is 16.8. The highest BCUT2D eigenvalue weighted by atomic mass is 79.9. The lowest BCUT2D eigenvalue weighted by Gasteiger charge is -2.08. The molecule has 0 bridgehead atoms. The number of rotatable bonds is 5. The van der Waals surface area contributed by atoms with E-state index in [0.717, 1.165) is 10.0 Å². The SMILES string of the molecule is CCOC(=O)c1ccc(NC(=O)Cc2cccc(Br)c2)cc1Cl. The number of nitrogens with one attached hydrogen (secondary N) is 1. The quantitative estimate of drug-likeness (QED) is 0.759. The Hall–Kier alpha value is -1.85. The van der Waals surface area contributed by atoms with Gasteiger partial charge in [-0.05, 0) is 42.8 Å². The van der Waals surface area contributed by atoms with Crippen molar-refractivity contribution in [3.63, 3.8) is 0 Å². The second kappa shape index (κ2) is 8.13. The van der Waals surface area contributed by atoms with Crippen molar-refractivity contribution in [2.24, 2.45) is 0 Å². The molecule has 0 aliphatic rings. The summed E-state index contributed by atoms with van der Waals surface area (Å²) < 4.78 is 5.83. The molecule has 1 amide bonds. The van der Waals surface area contributed by atoms with Crippen LogP contribution in [0.5, 0.6) is 0 Å². The summed E-state index contributed by atoms with van der Waals surface area (Å²) in [7, 11) is 0. The molecule has 0 aromatic heterocycles. The summed E-state index contributed by atoms with van der Waals surface area (Å²) in [6.45, 7) is 2.00. The Morgan fingerprint density at radius 1 is 1.22 bits per heavy atom. The largest absolute Gasteiger partial charge is 0.462 e. The topological polar surface area (TPSA) is 55.4 Å². The first kappa shape index (κ1) is 17.5. The van der Waals surface area contributed by atoms with Gasteiger partial charge >= 0.3 is 5.97 Å². The van der Waals surface area contributed by atoms with E-state index >= 15 is 0 Å². The molecule has 0 unspecified atom stereocenters. The molecule has 0 aliphatic carbocycles. The van der Waals surface area contributed by atoms with E-state index in [4.69, 9.17) is 16.3 Å². The monoisotopic (exact) mass is 395 g/mol. The highest BCUT2D eigenvalue weighted by Gasteiger charge is 2.12. The minimum Gasteiger partial charge on any atom is -0.462 e. The van der Waals surface area contributed by atoms with Crippen LogP contribution in [0.3, 0.4) is 0 Å². The van der Waals surface area contributed by atoms with Crippen LogP contribution in [-0.2, 0) is 16.0 Å². The zero-order valence-electron chi connectivity index (χ0n) is 12.4. The zero-order valence-corrected chi connectivity index (χ0v) is 14.8. The Balaban J connectivity index is 2.04. The maximum Gasteiger partial charge on any atom is 0.339 e. The molecular weight excluding hydrogens is 382 g/mol. The second-order valence-corrected chi connectivity index (χ2v) is 6.09. The lowest BCUT2D eigenvalue weighted by Crippen LogP contribution is -2.14. The number of carbonyl (C=O) groups excluding carboxylic acids is 2. The summed E-state index contributed by atoms with van der Waals surface area (Å²) in [4.78, 5) is 23.7. The van der Waals surface area contributed by atoms with Crippen molar-refractivity contribution in [3.8, 4) is 0 Å². The van der Waals surface area contributed by atoms with E-state index in [9.17, 15) is 9.59 Å². The van der Waals surface area contributed by atoms with Crippen LogP contribution in [0, 0.1) is 0 Å². The highest BCUT2D eigenvalue weighted by Crippen LogP contribution is 2.22. The Morgan fingerprint density at radius 2 is 2.00 bits per heavy atom. The molecule has 0 atom stereocenters. The molecule has 2 aromatic rings. The van der Waals surface area contributed by atoms with Gasteiger partial charge in [-0.15, -0.1) is 0 Å². The number of halogens is 2. The average molecular weight is 397 g/mol. The second-order valence-electron chi connectivity index (χ2n) is 4.77. The molecule has 120 valence electrons. The van der Waals surface area contributed by atoms with Crippen LogP contribution in [0.4, 0.5) is 5.69 Å². The van der Waals surface area contributed by atoms with Gasteiger partial charge in [-0.3, -0.25) is 4.79 Å². The van der Waals surface area contributed by atoms with Crippen molar-refractivity contribution in [2.75, 3.05) is 11.9 Å². The van der Waals surface area contributed by atoms with Gasteiger partial charge in [0.1, 0.15) is 0 Å². The third-order valence-electron chi connectivity index (χ3n) is 3.00. The fourth-order valence-electron chi connectivity index (χ4n) is 2.00. The summed E-state index contributed by atoms with van der Waals surface area (Å²) >= 11 is 9.44. The van der Waals surface area contributed by atoms with Crippen LogP contribution in [0.25, 0.3) is 0 Å². The smallest absolute Gasteiger partial charge is 0.339 e. The van der Waals surface area contributed by atoms with E-state index < -0.39 is 5.97 Å².